The first-order valence-corrected chi connectivity index (χ1v) is 6.53. The third kappa shape index (κ3) is 3.03. The molecule has 2 aromatic rings. The standard InChI is InChI=1S/C14H17N3O3/c1-3-7-15-9-14-16-8-13(20-14)11-5-4-6-12(10(11)2)17(18)19/h4-6,8,15H,3,7,9H2,1-2H3. The lowest BCUT2D eigenvalue weighted by Crippen LogP contribution is -2.13. The summed E-state index contributed by atoms with van der Waals surface area (Å²) in [7, 11) is 0. The lowest BCUT2D eigenvalue weighted by molar-refractivity contribution is -0.385. The highest BCUT2D eigenvalue weighted by atomic mass is 16.6. The van der Waals surface area contributed by atoms with Gasteiger partial charge in [0.2, 0.25) is 5.89 Å². The van der Waals surface area contributed by atoms with E-state index in [0.717, 1.165) is 13.0 Å². The van der Waals surface area contributed by atoms with Crippen molar-refractivity contribution in [2.75, 3.05) is 6.54 Å². The molecule has 0 aliphatic carbocycles. The molecule has 0 bridgehead atoms. The fourth-order valence-electron chi connectivity index (χ4n) is 1.98. The van der Waals surface area contributed by atoms with Gasteiger partial charge in [-0.15, -0.1) is 0 Å². The molecule has 0 aliphatic heterocycles. The van der Waals surface area contributed by atoms with E-state index in [2.05, 4.69) is 17.2 Å². The molecule has 0 atom stereocenters. The normalized spacial score (nSPS) is 10.7. The van der Waals surface area contributed by atoms with Gasteiger partial charge in [0.15, 0.2) is 5.76 Å². The molecule has 6 heteroatoms. The molecule has 0 amide bonds. The number of nitrogens with zero attached hydrogens (tertiary/aromatic N) is 2. The van der Waals surface area contributed by atoms with Crippen LogP contribution in [0.1, 0.15) is 24.8 Å². The van der Waals surface area contributed by atoms with Crippen LogP contribution in [0.15, 0.2) is 28.8 Å². The molecule has 1 aromatic heterocycles. The second kappa shape index (κ2) is 6.29. The Morgan fingerprint density at radius 1 is 1.45 bits per heavy atom. The predicted octanol–water partition coefficient (Wildman–Crippen LogP) is 3.06. The van der Waals surface area contributed by atoms with Crippen LogP contribution in [-0.2, 0) is 6.54 Å². The highest BCUT2D eigenvalue weighted by Gasteiger charge is 2.16. The minimum atomic E-state index is -0.390. The number of oxazole rings is 1. The van der Waals surface area contributed by atoms with Crippen molar-refractivity contribution >= 4 is 5.69 Å². The zero-order chi connectivity index (χ0) is 14.5. The van der Waals surface area contributed by atoms with Crippen LogP contribution in [0, 0.1) is 17.0 Å². The summed E-state index contributed by atoms with van der Waals surface area (Å²) in [5.74, 6) is 1.14. The summed E-state index contributed by atoms with van der Waals surface area (Å²) in [6.45, 7) is 5.25. The minimum Gasteiger partial charge on any atom is -0.439 e. The van der Waals surface area contributed by atoms with Crippen LogP contribution in [0.4, 0.5) is 5.69 Å². The van der Waals surface area contributed by atoms with E-state index >= 15 is 0 Å². The van der Waals surface area contributed by atoms with Gasteiger partial charge in [0.25, 0.3) is 5.69 Å². The largest absolute Gasteiger partial charge is 0.439 e. The molecule has 0 spiro atoms. The highest BCUT2D eigenvalue weighted by Crippen LogP contribution is 2.30. The van der Waals surface area contributed by atoms with Gasteiger partial charge in [0, 0.05) is 17.2 Å². The number of aromatic nitrogens is 1. The molecule has 0 unspecified atom stereocenters. The zero-order valence-corrected chi connectivity index (χ0v) is 11.5. The maximum atomic E-state index is 10.9. The number of nitro benzene ring substituents is 1. The Balaban J connectivity index is 2.24. The molecule has 0 radical (unpaired) electrons. The van der Waals surface area contributed by atoms with Crippen molar-refractivity contribution in [3.8, 4) is 11.3 Å². The molecule has 106 valence electrons. The molecule has 0 aliphatic rings. The smallest absolute Gasteiger partial charge is 0.273 e. The average molecular weight is 275 g/mol. The first kappa shape index (κ1) is 14.2. The van der Waals surface area contributed by atoms with E-state index in [1.807, 2.05) is 0 Å². The SMILES string of the molecule is CCCNCc1ncc(-c2cccc([N+](=O)[O-])c2C)o1. The van der Waals surface area contributed by atoms with Crippen molar-refractivity contribution in [3.05, 3.63) is 46.0 Å². The second-order valence-electron chi connectivity index (χ2n) is 4.50. The molecule has 20 heavy (non-hydrogen) atoms. The van der Waals surface area contributed by atoms with Crippen molar-refractivity contribution in [2.24, 2.45) is 0 Å². The molecule has 2 rings (SSSR count). The van der Waals surface area contributed by atoms with Gasteiger partial charge in [-0.3, -0.25) is 10.1 Å². The Bertz CT molecular complexity index is 607. The zero-order valence-electron chi connectivity index (χ0n) is 11.5. The van der Waals surface area contributed by atoms with Gasteiger partial charge in [-0.1, -0.05) is 19.1 Å². The van der Waals surface area contributed by atoms with E-state index in [9.17, 15) is 10.1 Å². The van der Waals surface area contributed by atoms with Gasteiger partial charge in [-0.05, 0) is 19.9 Å². The Morgan fingerprint density at radius 3 is 2.95 bits per heavy atom. The molecule has 1 heterocycles. The van der Waals surface area contributed by atoms with Gasteiger partial charge in [0.05, 0.1) is 17.7 Å². The third-order valence-electron chi connectivity index (χ3n) is 3.02. The number of benzene rings is 1. The van der Waals surface area contributed by atoms with E-state index in [0.29, 0.717) is 29.3 Å². The quantitative estimate of drug-likeness (QED) is 0.498. The summed E-state index contributed by atoms with van der Waals surface area (Å²) in [6, 6.07) is 4.93. The fraction of sp³-hybridized carbons (Fsp3) is 0.357. The fourth-order valence-corrected chi connectivity index (χ4v) is 1.98. The van der Waals surface area contributed by atoms with Gasteiger partial charge in [0.1, 0.15) is 0 Å². The first-order chi connectivity index (χ1) is 9.63. The van der Waals surface area contributed by atoms with Crippen LogP contribution in [0.5, 0.6) is 0 Å². The molecule has 1 N–H and O–H groups in total. The van der Waals surface area contributed by atoms with Crippen LogP contribution < -0.4 is 5.32 Å². The number of nitrogens with one attached hydrogen (secondary N) is 1. The number of hydrogen-bond acceptors (Lipinski definition) is 5. The third-order valence-corrected chi connectivity index (χ3v) is 3.02. The Kier molecular flexibility index (Phi) is 4.47. The summed E-state index contributed by atoms with van der Waals surface area (Å²) >= 11 is 0. The summed E-state index contributed by atoms with van der Waals surface area (Å²) in [5.41, 5.74) is 1.37. The van der Waals surface area contributed by atoms with E-state index in [-0.39, 0.29) is 10.6 Å². The first-order valence-electron chi connectivity index (χ1n) is 6.53. The van der Waals surface area contributed by atoms with Gasteiger partial charge in [-0.2, -0.15) is 0 Å². The second-order valence-corrected chi connectivity index (χ2v) is 4.50. The maximum Gasteiger partial charge on any atom is 0.273 e. The van der Waals surface area contributed by atoms with Gasteiger partial charge < -0.3 is 9.73 Å². The molecule has 6 nitrogen and oxygen atoms in total. The van der Waals surface area contributed by atoms with Crippen molar-refractivity contribution < 1.29 is 9.34 Å². The summed E-state index contributed by atoms with van der Waals surface area (Å²) in [4.78, 5) is 14.7. The van der Waals surface area contributed by atoms with E-state index in [1.54, 1.807) is 25.3 Å². The lowest BCUT2D eigenvalue weighted by atomic mass is 10.1. The average Bonchev–Trinajstić information content (AvgIpc) is 2.87. The topological polar surface area (TPSA) is 81.2 Å². The van der Waals surface area contributed by atoms with Gasteiger partial charge in [-0.25, -0.2) is 4.98 Å². The van der Waals surface area contributed by atoms with Crippen LogP contribution >= 0.6 is 0 Å². The highest BCUT2D eigenvalue weighted by molar-refractivity contribution is 5.66. The molecule has 0 saturated heterocycles. The number of rotatable bonds is 6. The molecular formula is C14H17N3O3. The summed E-state index contributed by atoms with van der Waals surface area (Å²) in [6.07, 6.45) is 2.65. The van der Waals surface area contributed by atoms with Gasteiger partial charge >= 0.3 is 0 Å². The summed E-state index contributed by atoms with van der Waals surface area (Å²) in [5, 5.41) is 14.1. The number of hydrogen-bond donors (Lipinski definition) is 1. The Hall–Kier alpha value is -2.21. The molecule has 1 aromatic carbocycles. The Morgan fingerprint density at radius 2 is 2.25 bits per heavy atom. The molecular weight excluding hydrogens is 258 g/mol. The van der Waals surface area contributed by atoms with E-state index in [4.69, 9.17) is 4.42 Å². The lowest BCUT2D eigenvalue weighted by Gasteiger charge is -2.03. The van der Waals surface area contributed by atoms with Crippen molar-refractivity contribution in [2.45, 2.75) is 26.8 Å². The van der Waals surface area contributed by atoms with Crippen LogP contribution in [0.25, 0.3) is 11.3 Å². The van der Waals surface area contributed by atoms with Crippen molar-refractivity contribution in [1.82, 2.24) is 10.3 Å². The van der Waals surface area contributed by atoms with Crippen molar-refractivity contribution in [3.63, 3.8) is 0 Å². The number of nitro groups is 1. The van der Waals surface area contributed by atoms with Crippen LogP contribution in [0.2, 0.25) is 0 Å². The summed E-state index contributed by atoms with van der Waals surface area (Å²) < 4.78 is 5.64. The van der Waals surface area contributed by atoms with Crippen LogP contribution in [-0.4, -0.2) is 16.5 Å². The van der Waals surface area contributed by atoms with Crippen molar-refractivity contribution in [1.29, 1.82) is 0 Å². The maximum absolute atomic E-state index is 10.9. The van der Waals surface area contributed by atoms with Crippen LogP contribution in [0.3, 0.4) is 0 Å². The molecule has 0 saturated carbocycles. The minimum absolute atomic E-state index is 0.0876. The Labute approximate surface area is 117 Å². The predicted molar refractivity (Wildman–Crippen MR) is 75.3 cm³/mol. The van der Waals surface area contributed by atoms with E-state index in [1.165, 1.54) is 6.07 Å². The monoisotopic (exact) mass is 275 g/mol. The van der Waals surface area contributed by atoms with E-state index < -0.39 is 0 Å². The molecule has 0 fully saturated rings.